The number of hydrazone groups is 1. The highest BCUT2D eigenvalue weighted by Gasteiger charge is 2.22. The summed E-state index contributed by atoms with van der Waals surface area (Å²) in [5.74, 6) is -0.672. The standard InChI is InChI=1S/C20H19N5O6/c1-12(15-6-8-16(9-7-15)31-20(27)17-5-4-10-30-17)21-22-18(26)11-24-14(3)19(25(28)29)13(2)23-24/h4-10H,11H2,1-3H3,(H,22,26). The number of carbonyl (C=O) groups excluding carboxylic acids is 2. The van der Waals surface area contributed by atoms with Crippen molar-refractivity contribution in [3.8, 4) is 5.75 Å². The number of nitrogens with zero attached hydrogens (tertiary/aromatic N) is 4. The van der Waals surface area contributed by atoms with E-state index in [-0.39, 0.29) is 29.4 Å². The molecule has 31 heavy (non-hydrogen) atoms. The van der Waals surface area contributed by atoms with Crippen molar-refractivity contribution < 1.29 is 23.7 Å². The molecule has 160 valence electrons. The molecule has 11 nitrogen and oxygen atoms in total. The molecule has 0 saturated heterocycles. The van der Waals surface area contributed by atoms with Gasteiger partial charge in [-0.1, -0.05) is 0 Å². The van der Waals surface area contributed by atoms with Crippen LogP contribution in [-0.2, 0) is 11.3 Å². The second kappa shape index (κ2) is 9.03. The molecule has 2 heterocycles. The number of carbonyl (C=O) groups is 2. The van der Waals surface area contributed by atoms with Gasteiger partial charge in [0.25, 0.3) is 5.91 Å². The summed E-state index contributed by atoms with van der Waals surface area (Å²) in [5, 5.41) is 19.1. The SMILES string of the molecule is CC(=NNC(=O)Cn1nc(C)c([N+](=O)[O-])c1C)c1ccc(OC(=O)c2ccco2)cc1. The van der Waals surface area contributed by atoms with Crippen LogP contribution in [0.3, 0.4) is 0 Å². The molecule has 0 aliphatic heterocycles. The molecular formula is C20H19N5O6. The second-order valence-electron chi connectivity index (χ2n) is 6.56. The fourth-order valence-corrected chi connectivity index (χ4v) is 2.80. The Morgan fingerprint density at radius 2 is 1.97 bits per heavy atom. The number of rotatable bonds is 7. The molecule has 3 aromatic rings. The topological polar surface area (TPSA) is 142 Å². The van der Waals surface area contributed by atoms with Gasteiger partial charge in [0, 0.05) is 0 Å². The van der Waals surface area contributed by atoms with Gasteiger partial charge in [-0.05, 0) is 62.7 Å². The highest BCUT2D eigenvalue weighted by atomic mass is 16.6. The summed E-state index contributed by atoms with van der Waals surface area (Å²) < 4.78 is 11.4. The number of furan rings is 1. The second-order valence-corrected chi connectivity index (χ2v) is 6.56. The van der Waals surface area contributed by atoms with Gasteiger partial charge < -0.3 is 9.15 Å². The number of benzene rings is 1. The Kier molecular flexibility index (Phi) is 6.24. The number of ether oxygens (including phenoxy) is 1. The molecule has 1 aromatic carbocycles. The van der Waals surface area contributed by atoms with E-state index in [1.54, 1.807) is 37.3 Å². The zero-order valence-electron chi connectivity index (χ0n) is 17.0. The third kappa shape index (κ3) is 5.01. The predicted octanol–water partition coefficient (Wildman–Crippen LogP) is 2.76. The molecule has 2 aromatic heterocycles. The summed E-state index contributed by atoms with van der Waals surface area (Å²) in [4.78, 5) is 34.6. The Bertz CT molecular complexity index is 1150. The molecular weight excluding hydrogens is 406 g/mol. The number of amides is 1. The number of hydrogen-bond donors (Lipinski definition) is 1. The lowest BCUT2D eigenvalue weighted by molar-refractivity contribution is -0.386. The smallest absolute Gasteiger partial charge is 0.379 e. The zero-order valence-corrected chi connectivity index (χ0v) is 17.0. The fourth-order valence-electron chi connectivity index (χ4n) is 2.80. The molecule has 0 aliphatic carbocycles. The summed E-state index contributed by atoms with van der Waals surface area (Å²) in [7, 11) is 0. The fraction of sp³-hybridized carbons (Fsp3) is 0.200. The van der Waals surface area contributed by atoms with E-state index in [1.165, 1.54) is 30.9 Å². The van der Waals surface area contributed by atoms with Crippen molar-refractivity contribution in [2.75, 3.05) is 0 Å². The van der Waals surface area contributed by atoms with Gasteiger partial charge in [-0.2, -0.15) is 10.2 Å². The molecule has 1 amide bonds. The van der Waals surface area contributed by atoms with Crippen LogP contribution in [0.2, 0.25) is 0 Å². The lowest BCUT2D eigenvalue weighted by Gasteiger charge is -2.06. The molecule has 0 fully saturated rings. The highest BCUT2D eigenvalue weighted by Crippen LogP contribution is 2.21. The van der Waals surface area contributed by atoms with Gasteiger partial charge >= 0.3 is 11.7 Å². The molecule has 3 rings (SSSR count). The molecule has 0 aliphatic rings. The molecule has 0 atom stereocenters. The number of nitrogens with one attached hydrogen (secondary N) is 1. The first-order valence-corrected chi connectivity index (χ1v) is 9.14. The molecule has 0 spiro atoms. The van der Waals surface area contributed by atoms with Crippen LogP contribution in [-0.4, -0.2) is 32.3 Å². The molecule has 0 radical (unpaired) electrons. The van der Waals surface area contributed by atoms with Crippen molar-refractivity contribution in [2.24, 2.45) is 5.10 Å². The lowest BCUT2D eigenvalue weighted by Crippen LogP contribution is -2.25. The van der Waals surface area contributed by atoms with Gasteiger partial charge in [0.1, 0.15) is 23.7 Å². The molecule has 0 saturated carbocycles. The van der Waals surface area contributed by atoms with Crippen LogP contribution in [0.4, 0.5) is 5.69 Å². The van der Waals surface area contributed by atoms with E-state index in [2.05, 4.69) is 15.6 Å². The number of hydrogen-bond acceptors (Lipinski definition) is 8. The summed E-state index contributed by atoms with van der Waals surface area (Å²) >= 11 is 0. The summed E-state index contributed by atoms with van der Waals surface area (Å²) in [5.41, 5.74) is 4.02. The van der Waals surface area contributed by atoms with Gasteiger partial charge in [-0.3, -0.25) is 19.6 Å². The van der Waals surface area contributed by atoms with E-state index < -0.39 is 16.8 Å². The van der Waals surface area contributed by atoms with Crippen LogP contribution in [0, 0.1) is 24.0 Å². The van der Waals surface area contributed by atoms with Crippen LogP contribution in [0.25, 0.3) is 0 Å². The summed E-state index contributed by atoms with van der Waals surface area (Å²) in [6, 6.07) is 9.63. The van der Waals surface area contributed by atoms with Crippen LogP contribution < -0.4 is 10.2 Å². The number of esters is 1. The van der Waals surface area contributed by atoms with E-state index in [4.69, 9.17) is 9.15 Å². The minimum atomic E-state index is -0.611. The maximum atomic E-state index is 12.2. The van der Waals surface area contributed by atoms with Crippen molar-refractivity contribution in [1.29, 1.82) is 0 Å². The quantitative estimate of drug-likeness (QED) is 0.202. The zero-order chi connectivity index (χ0) is 22.5. The summed E-state index contributed by atoms with van der Waals surface area (Å²) in [6.45, 7) is 4.52. The summed E-state index contributed by atoms with van der Waals surface area (Å²) in [6.07, 6.45) is 1.38. The monoisotopic (exact) mass is 425 g/mol. The van der Waals surface area contributed by atoms with Gasteiger partial charge in [0.05, 0.1) is 16.9 Å². The first-order valence-electron chi connectivity index (χ1n) is 9.14. The largest absolute Gasteiger partial charge is 0.457 e. The van der Waals surface area contributed by atoms with Crippen molar-refractivity contribution in [3.63, 3.8) is 0 Å². The van der Waals surface area contributed by atoms with Crippen LogP contribution in [0.15, 0.2) is 52.2 Å². The highest BCUT2D eigenvalue weighted by molar-refractivity contribution is 5.99. The maximum Gasteiger partial charge on any atom is 0.379 e. The van der Waals surface area contributed by atoms with E-state index in [0.29, 0.717) is 17.0 Å². The van der Waals surface area contributed by atoms with Gasteiger partial charge in [-0.15, -0.1) is 0 Å². The molecule has 0 bridgehead atoms. The van der Waals surface area contributed by atoms with Crippen LogP contribution >= 0.6 is 0 Å². The van der Waals surface area contributed by atoms with Crippen LogP contribution in [0.1, 0.15) is 34.4 Å². The maximum absolute atomic E-state index is 12.2. The lowest BCUT2D eigenvalue weighted by atomic mass is 10.1. The Morgan fingerprint density at radius 1 is 1.26 bits per heavy atom. The average Bonchev–Trinajstić information content (AvgIpc) is 3.35. The third-order valence-corrected chi connectivity index (χ3v) is 4.37. The van der Waals surface area contributed by atoms with Crippen molar-refractivity contribution in [3.05, 3.63) is 75.5 Å². The molecule has 1 N–H and O–H groups in total. The average molecular weight is 425 g/mol. The van der Waals surface area contributed by atoms with Crippen molar-refractivity contribution in [1.82, 2.24) is 15.2 Å². The van der Waals surface area contributed by atoms with E-state index in [9.17, 15) is 19.7 Å². The molecule has 0 unspecified atom stereocenters. The van der Waals surface area contributed by atoms with Gasteiger partial charge in [-0.25, -0.2) is 10.2 Å². The van der Waals surface area contributed by atoms with Crippen molar-refractivity contribution in [2.45, 2.75) is 27.3 Å². The van der Waals surface area contributed by atoms with E-state index in [0.717, 1.165) is 0 Å². The Morgan fingerprint density at radius 3 is 2.55 bits per heavy atom. The van der Waals surface area contributed by atoms with Crippen molar-refractivity contribution >= 4 is 23.3 Å². The van der Waals surface area contributed by atoms with E-state index >= 15 is 0 Å². The normalized spacial score (nSPS) is 11.3. The van der Waals surface area contributed by atoms with Gasteiger partial charge in [0.2, 0.25) is 5.76 Å². The minimum absolute atomic E-state index is 0.0949. The molecule has 11 heteroatoms. The Hall–Kier alpha value is -4.28. The predicted molar refractivity (Wildman–Crippen MR) is 109 cm³/mol. The van der Waals surface area contributed by atoms with Gasteiger partial charge in [0.15, 0.2) is 0 Å². The minimum Gasteiger partial charge on any atom is -0.457 e. The third-order valence-electron chi connectivity index (χ3n) is 4.37. The first-order chi connectivity index (χ1) is 14.8. The first kappa shape index (κ1) is 21.4. The Balaban J connectivity index is 1.60. The number of nitro groups is 1. The number of aryl methyl sites for hydroxylation is 1. The van der Waals surface area contributed by atoms with Crippen LogP contribution in [0.5, 0.6) is 5.75 Å². The number of aromatic nitrogens is 2. The van der Waals surface area contributed by atoms with E-state index in [1.807, 2.05) is 0 Å². The Labute approximate surface area is 176 Å².